The van der Waals surface area contributed by atoms with Crippen molar-refractivity contribution in [1.29, 1.82) is 0 Å². The molecule has 14 unspecified atom stereocenters. The zero-order chi connectivity index (χ0) is 36.0. The monoisotopic (exact) mass is 680 g/mol. The number of esters is 1. The molecule has 0 aromatic rings. The Morgan fingerprint density at radius 2 is 1.60 bits per heavy atom. The third-order valence-corrected chi connectivity index (χ3v) is 14.8. The molecule has 0 amide bonds. The molecule has 48 heavy (non-hydrogen) atoms. The van der Waals surface area contributed by atoms with E-state index in [4.69, 9.17) is 9.47 Å². The van der Waals surface area contributed by atoms with Gasteiger partial charge in [-0.2, -0.15) is 0 Å². The SMILES string of the molecule is CC1CCC2(C(=O)OC3OC(CO)C(O)C(O)C3O)CCC3(C)C(=CCC4C(C)(CC(=O)O)C(C(C)(C)C(=O)O)CCC43C)C2C1(C)O. The lowest BCUT2D eigenvalue weighted by molar-refractivity contribution is -0.299. The molecular weight excluding hydrogens is 624 g/mol. The molecule has 5 aliphatic rings. The third-order valence-electron chi connectivity index (χ3n) is 14.8. The molecule has 7 N–H and O–H groups in total. The lowest BCUT2D eigenvalue weighted by Crippen LogP contribution is -2.67. The van der Waals surface area contributed by atoms with Crippen LogP contribution in [0.15, 0.2) is 11.6 Å². The number of hydrogen-bond donors (Lipinski definition) is 7. The second kappa shape index (κ2) is 12.0. The molecule has 272 valence electrons. The number of fused-ring (bicyclic) bond motifs is 5. The van der Waals surface area contributed by atoms with Gasteiger partial charge in [0.05, 0.1) is 29.5 Å². The first-order valence-electron chi connectivity index (χ1n) is 17.5. The second-order valence-electron chi connectivity index (χ2n) is 17.2. The maximum Gasteiger partial charge on any atom is 0.315 e. The Morgan fingerprint density at radius 1 is 0.958 bits per heavy atom. The Morgan fingerprint density at radius 3 is 2.19 bits per heavy atom. The van der Waals surface area contributed by atoms with Crippen LogP contribution in [0, 0.1) is 50.7 Å². The third kappa shape index (κ3) is 5.10. The van der Waals surface area contributed by atoms with E-state index < -0.39 is 99.7 Å². The summed E-state index contributed by atoms with van der Waals surface area (Å²) in [6.07, 6.45) is -2.70. The van der Waals surface area contributed by atoms with Crippen LogP contribution < -0.4 is 0 Å². The second-order valence-corrected chi connectivity index (χ2v) is 17.2. The van der Waals surface area contributed by atoms with Crippen LogP contribution in [0.2, 0.25) is 0 Å². The van der Waals surface area contributed by atoms with Crippen LogP contribution in [0.3, 0.4) is 0 Å². The minimum absolute atomic E-state index is 0.179. The molecule has 3 saturated carbocycles. The van der Waals surface area contributed by atoms with Crippen LogP contribution in [0.4, 0.5) is 0 Å². The van der Waals surface area contributed by atoms with Crippen molar-refractivity contribution in [2.75, 3.05) is 6.61 Å². The number of aliphatic carboxylic acids is 2. The highest BCUT2D eigenvalue weighted by atomic mass is 16.7. The molecule has 12 nitrogen and oxygen atoms in total. The van der Waals surface area contributed by atoms with Gasteiger partial charge >= 0.3 is 17.9 Å². The van der Waals surface area contributed by atoms with Crippen LogP contribution in [0.25, 0.3) is 0 Å². The maximum absolute atomic E-state index is 14.4. The lowest BCUT2D eigenvalue weighted by Gasteiger charge is -2.70. The van der Waals surface area contributed by atoms with Gasteiger partial charge in [-0.05, 0) is 99.7 Å². The van der Waals surface area contributed by atoms with E-state index in [9.17, 15) is 50.1 Å². The summed E-state index contributed by atoms with van der Waals surface area (Å²) in [6.45, 7) is 12.7. The number of aliphatic hydroxyl groups excluding tert-OH is 4. The lowest BCUT2D eigenvalue weighted by atomic mass is 9.34. The quantitative estimate of drug-likeness (QED) is 0.153. The Labute approximate surface area is 282 Å². The highest BCUT2D eigenvalue weighted by Gasteiger charge is 2.71. The first-order valence-corrected chi connectivity index (χ1v) is 17.5. The number of rotatable bonds is 7. The standard InChI is InChI=1S/C36H56O12/c1-18-10-13-36(30(45)48-28-26(42)25(41)24(40)20(17-37)47-28)15-14-33(5)19(27(36)35(18,7)46)8-9-22-32(4,16-23(38)39)21(11-12-34(22,33)6)31(2,3)29(43)44/h8,18,20-22,24-28,37,40-42,46H,9-17H2,1-7H3,(H,38,39)(H,43,44). The van der Waals surface area contributed by atoms with Crippen molar-refractivity contribution < 1.29 is 59.6 Å². The normalized spacial score (nSPS) is 49.1. The molecule has 14 atom stereocenters. The van der Waals surface area contributed by atoms with Crippen LogP contribution in [0.5, 0.6) is 0 Å². The van der Waals surface area contributed by atoms with E-state index in [1.807, 2.05) is 13.8 Å². The maximum atomic E-state index is 14.4. The number of carbonyl (C=O) groups is 3. The van der Waals surface area contributed by atoms with E-state index in [1.54, 1.807) is 20.8 Å². The van der Waals surface area contributed by atoms with Crippen LogP contribution in [-0.2, 0) is 23.9 Å². The van der Waals surface area contributed by atoms with Gasteiger partial charge in [0.1, 0.15) is 24.4 Å². The fraction of sp³-hybridized carbons (Fsp3) is 0.861. The number of ether oxygens (including phenoxy) is 2. The summed E-state index contributed by atoms with van der Waals surface area (Å²) in [6, 6.07) is 0. The molecule has 4 aliphatic carbocycles. The molecule has 12 heteroatoms. The van der Waals surface area contributed by atoms with Crippen molar-refractivity contribution in [3.8, 4) is 0 Å². The molecule has 0 bridgehead atoms. The minimum atomic E-state index is -1.76. The summed E-state index contributed by atoms with van der Waals surface area (Å²) in [5, 5.41) is 73.8. The number of carboxylic acids is 2. The number of aliphatic hydroxyl groups is 5. The first-order chi connectivity index (χ1) is 22.1. The highest BCUT2D eigenvalue weighted by molar-refractivity contribution is 5.79. The van der Waals surface area contributed by atoms with Gasteiger partial charge in [0.2, 0.25) is 6.29 Å². The molecular formula is C36H56O12. The van der Waals surface area contributed by atoms with Gasteiger partial charge in [0, 0.05) is 5.92 Å². The number of allylic oxidation sites excluding steroid dienone is 1. The molecule has 0 aromatic carbocycles. The van der Waals surface area contributed by atoms with Gasteiger partial charge < -0.3 is 45.2 Å². The van der Waals surface area contributed by atoms with Crippen LogP contribution in [-0.4, -0.2) is 96.6 Å². The molecule has 4 fully saturated rings. The zero-order valence-electron chi connectivity index (χ0n) is 29.3. The zero-order valence-corrected chi connectivity index (χ0v) is 29.3. The summed E-state index contributed by atoms with van der Waals surface area (Å²) in [7, 11) is 0. The van der Waals surface area contributed by atoms with Gasteiger partial charge in [0.15, 0.2) is 0 Å². The van der Waals surface area contributed by atoms with Gasteiger partial charge in [-0.25, -0.2) is 0 Å². The Balaban J connectivity index is 1.59. The van der Waals surface area contributed by atoms with Crippen molar-refractivity contribution in [1.82, 2.24) is 0 Å². The van der Waals surface area contributed by atoms with E-state index in [-0.39, 0.29) is 18.3 Å². The van der Waals surface area contributed by atoms with Crippen molar-refractivity contribution >= 4 is 17.9 Å². The van der Waals surface area contributed by atoms with Crippen molar-refractivity contribution in [3.05, 3.63) is 11.6 Å². The molecule has 0 spiro atoms. The molecule has 1 aliphatic heterocycles. The summed E-state index contributed by atoms with van der Waals surface area (Å²) < 4.78 is 11.4. The van der Waals surface area contributed by atoms with Gasteiger partial charge in [-0.3, -0.25) is 14.4 Å². The van der Waals surface area contributed by atoms with Crippen LogP contribution >= 0.6 is 0 Å². The number of carboxylic acid groups (broad SMARTS) is 2. The average Bonchev–Trinajstić information content (AvgIpc) is 2.99. The van der Waals surface area contributed by atoms with Gasteiger partial charge in [-0.1, -0.05) is 39.3 Å². The minimum Gasteiger partial charge on any atom is -0.481 e. The first kappa shape index (κ1) is 37.2. The average molecular weight is 681 g/mol. The summed E-state index contributed by atoms with van der Waals surface area (Å²) in [5.74, 6) is -4.10. The topological polar surface area (TPSA) is 211 Å². The Kier molecular flexibility index (Phi) is 9.30. The van der Waals surface area contributed by atoms with E-state index in [2.05, 4.69) is 19.9 Å². The molecule has 1 saturated heterocycles. The summed E-state index contributed by atoms with van der Waals surface area (Å²) >= 11 is 0. The fourth-order valence-electron chi connectivity index (χ4n) is 11.5. The molecule has 5 rings (SSSR count). The van der Waals surface area contributed by atoms with Gasteiger partial charge in [-0.15, -0.1) is 0 Å². The number of hydrogen-bond acceptors (Lipinski definition) is 10. The molecule has 0 aromatic heterocycles. The predicted octanol–water partition coefficient (Wildman–Crippen LogP) is 2.87. The highest BCUT2D eigenvalue weighted by Crippen LogP contribution is 2.75. The van der Waals surface area contributed by atoms with Crippen molar-refractivity contribution in [2.45, 2.75) is 136 Å². The largest absolute Gasteiger partial charge is 0.481 e. The van der Waals surface area contributed by atoms with E-state index >= 15 is 0 Å². The fourth-order valence-corrected chi connectivity index (χ4v) is 11.5. The Hall–Kier alpha value is -2.09. The van der Waals surface area contributed by atoms with E-state index in [0.717, 1.165) is 5.57 Å². The van der Waals surface area contributed by atoms with E-state index in [0.29, 0.717) is 44.9 Å². The van der Waals surface area contributed by atoms with Gasteiger partial charge in [0.25, 0.3) is 0 Å². The summed E-state index contributed by atoms with van der Waals surface area (Å²) in [5.41, 5.74) is -4.72. The van der Waals surface area contributed by atoms with Crippen molar-refractivity contribution in [3.63, 3.8) is 0 Å². The van der Waals surface area contributed by atoms with Crippen LogP contribution in [0.1, 0.15) is 99.8 Å². The van der Waals surface area contributed by atoms with E-state index in [1.165, 1.54) is 0 Å². The smallest absolute Gasteiger partial charge is 0.315 e. The predicted molar refractivity (Wildman–Crippen MR) is 171 cm³/mol. The molecule has 0 radical (unpaired) electrons. The van der Waals surface area contributed by atoms with Crippen molar-refractivity contribution in [2.24, 2.45) is 50.7 Å². The Bertz CT molecular complexity index is 1340. The summed E-state index contributed by atoms with van der Waals surface area (Å²) in [4.78, 5) is 39.4. The molecule has 1 heterocycles. The number of carbonyl (C=O) groups excluding carboxylic acids is 1.